The first kappa shape index (κ1) is 18.4. The van der Waals surface area contributed by atoms with Crippen molar-refractivity contribution in [2.75, 3.05) is 11.9 Å². The summed E-state index contributed by atoms with van der Waals surface area (Å²) in [5.74, 6) is 1.24. The van der Waals surface area contributed by atoms with Crippen LogP contribution in [0.3, 0.4) is 0 Å². The van der Waals surface area contributed by atoms with Crippen molar-refractivity contribution in [1.29, 1.82) is 0 Å². The summed E-state index contributed by atoms with van der Waals surface area (Å²) in [6.07, 6.45) is 1.36. The smallest absolute Gasteiger partial charge is 0.253 e. The Hall–Kier alpha value is -2.93. The number of amides is 1. The first-order valence-electron chi connectivity index (χ1n) is 9.50. The highest BCUT2D eigenvalue weighted by atomic mass is 16.5. The van der Waals surface area contributed by atoms with Crippen molar-refractivity contribution in [2.24, 2.45) is 0 Å². The van der Waals surface area contributed by atoms with Gasteiger partial charge in [0.1, 0.15) is 17.6 Å². The molecular weight excluding hydrogens is 356 g/mol. The predicted molar refractivity (Wildman–Crippen MR) is 105 cm³/mol. The van der Waals surface area contributed by atoms with Crippen LogP contribution >= 0.6 is 0 Å². The van der Waals surface area contributed by atoms with Gasteiger partial charge in [0.2, 0.25) is 5.89 Å². The molecule has 1 aliphatic rings. The van der Waals surface area contributed by atoms with Crippen molar-refractivity contribution >= 4 is 11.6 Å². The van der Waals surface area contributed by atoms with Crippen LogP contribution in [0.2, 0.25) is 0 Å². The van der Waals surface area contributed by atoms with Crippen LogP contribution in [0, 0.1) is 20.8 Å². The van der Waals surface area contributed by atoms with E-state index >= 15 is 0 Å². The van der Waals surface area contributed by atoms with Gasteiger partial charge in [-0.25, -0.2) is 4.98 Å². The number of hydrogen-bond acceptors (Lipinski definition) is 5. The van der Waals surface area contributed by atoms with Gasteiger partial charge < -0.3 is 14.5 Å². The third-order valence-electron chi connectivity index (χ3n) is 4.92. The lowest BCUT2D eigenvalue weighted by Gasteiger charge is -2.10. The van der Waals surface area contributed by atoms with E-state index in [-0.39, 0.29) is 12.0 Å². The molecule has 28 heavy (non-hydrogen) atoms. The number of aromatic nitrogens is 3. The van der Waals surface area contributed by atoms with Gasteiger partial charge >= 0.3 is 0 Å². The molecule has 146 valence electrons. The number of benzene rings is 1. The Bertz CT molecular complexity index is 982. The van der Waals surface area contributed by atoms with Crippen molar-refractivity contribution in [2.45, 2.75) is 46.3 Å². The number of nitrogens with one attached hydrogen (secondary N) is 1. The van der Waals surface area contributed by atoms with Gasteiger partial charge in [0, 0.05) is 23.6 Å². The summed E-state index contributed by atoms with van der Waals surface area (Å²) in [6.45, 7) is 7.14. The maximum absolute atomic E-state index is 12.1. The highest BCUT2D eigenvalue weighted by molar-refractivity contribution is 5.94. The van der Waals surface area contributed by atoms with Gasteiger partial charge in [-0.1, -0.05) is 0 Å². The van der Waals surface area contributed by atoms with E-state index in [0.717, 1.165) is 46.9 Å². The molecule has 1 N–H and O–H groups in total. The molecule has 3 heterocycles. The molecule has 1 amide bonds. The Balaban J connectivity index is 1.47. The lowest BCUT2D eigenvalue weighted by atomic mass is 10.2. The number of oxazole rings is 1. The third kappa shape index (κ3) is 3.84. The van der Waals surface area contributed by atoms with Crippen LogP contribution in [0.5, 0.6) is 0 Å². The summed E-state index contributed by atoms with van der Waals surface area (Å²) in [6, 6.07) is 9.53. The number of carbonyl (C=O) groups is 1. The van der Waals surface area contributed by atoms with Gasteiger partial charge in [0.05, 0.1) is 12.2 Å². The summed E-state index contributed by atoms with van der Waals surface area (Å²) in [5, 5.41) is 7.38. The monoisotopic (exact) mass is 380 g/mol. The zero-order valence-electron chi connectivity index (χ0n) is 16.4. The molecule has 1 atom stereocenters. The van der Waals surface area contributed by atoms with E-state index in [1.807, 2.05) is 55.8 Å². The SMILES string of the molecule is Cc1cc(C)n(Cc2nc(-c3ccc(NC(=O)[C@@H]4CCCO4)cc3)oc2C)n1. The Morgan fingerprint density at radius 2 is 2.04 bits per heavy atom. The largest absolute Gasteiger partial charge is 0.441 e. The van der Waals surface area contributed by atoms with Crippen LogP contribution in [0.1, 0.15) is 35.7 Å². The average Bonchev–Trinajstić information content (AvgIpc) is 3.38. The number of hydrogen-bond donors (Lipinski definition) is 1. The molecule has 0 bridgehead atoms. The molecule has 0 aliphatic carbocycles. The topological polar surface area (TPSA) is 82.2 Å². The maximum Gasteiger partial charge on any atom is 0.253 e. The van der Waals surface area contributed by atoms with E-state index in [1.54, 1.807) is 0 Å². The molecule has 0 saturated carbocycles. The number of nitrogens with zero attached hydrogens (tertiary/aromatic N) is 3. The molecular formula is C21H24N4O3. The highest BCUT2D eigenvalue weighted by Crippen LogP contribution is 2.24. The molecule has 4 rings (SSSR count). The zero-order chi connectivity index (χ0) is 19.7. The molecule has 0 unspecified atom stereocenters. The van der Waals surface area contributed by atoms with Crippen molar-refractivity contribution < 1.29 is 13.9 Å². The van der Waals surface area contributed by atoms with Gasteiger partial charge in [-0.3, -0.25) is 9.48 Å². The summed E-state index contributed by atoms with van der Waals surface area (Å²) >= 11 is 0. The van der Waals surface area contributed by atoms with Gasteiger partial charge in [-0.05, 0) is 63.9 Å². The second-order valence-corrected chi connectivity index (χ2v) is 7.17. The number of anilines is 1. The molecule has 1 fully saturated rings. The van der Waals surface area contributed by atoms with E-state index in [2.05, 4.69) is 15.4 Å². The molecule has 2 aromatic heterocycles. The normalized spacial score (nSPS) is 16.5. The van der Waals surface area contributed by atoms with E-state index in [9.17, 15) is 4.79 Å². The fourth-order valence-electron chi connectivity index (χ4n) is 3.38. The van der Waals surface area contributed by atoms with E-state index in [0.29, 0.717) is 19.0 Å². The Labute approximate surface area is 163 Å². The highest BCUT2D eigenvalue weighted by Gasteiger charge is 2.23. The first-order chi connectivity index (χ1) is 13.5. The third-order valence-corrected chi connectivity index (χ3v) is 4.92. The van der Waals surface area contributed by atoms with E-state index < -0.39 is 0 Å². The van der Waals surface area contributed by atoms with Gasteiger partial charge in [0.15, 0.2) is 0 Å². The second kappa shape index (κ2) is 7.59. The zero-order valence-corrected chi connectivity index (χ0v) is 16.4. The van der Waals surface area contributed by atoms with Crippen LogP contribution in [-0.2, 0) is 16.1 Å². The first-order valence-corrected chi connectivity index (χ1v) is 9.50. The van der Waals surface area contributed by atoms with Crippen LogP contribution in [-0.4, -0.2) is 33.4 Å². The molecule has 7 nitrogen and oxygen atoms in total. The van der Waals surface area contributed by atoms with Gasteiger partial charge in [-0.15, -0.1) is 0 Å². The molecule has 7 heteroatoms. The number of aryl methyl sites for hydroxylation is 3. The van der Waals surface area contributed by atoms with Crippen molar-refractivity contribution in [3.05, 3.63) is 53.2 Å². The second-order valence-electron chi connectivity index (χ2n) is 7.17. The average molecular weight is 380 g/mol. The summed E-state index contributed by atoms with van der Waals surface area (Å²) in [5.41, 5.74) is 4.53. The van der Waals surface area contributed by atoms with Crippen molar-refractivity contribution in [1.82, 2.24) is 14.8 Å². The van der Waals surface area contributed by atoms with E-state index in [4.69, 9.17) is 9.15 Å². The Morgan fingerprint density at radius 3 is 2.68 bits per heavy atom. The predicted octanol–water partition coefficient (Wildman–Crippen LogP) is 3.63. The van der Waals surface area contributed by atoms with Crippen LogP contribution in [0.4, 0.5) is 5.69 Å². The quantitative estimate of drug-likeness (QED) is 0.731. The van der Waals surface area contributed by atoms with Crippen LogP contribution in [0.15, 0.2) is 34.7 Å². The van der Waals surface area contributed by atoms with Crippen molar-refractivity contribution in [3.63, 3.8) is 0 Å². The number of ether oxygens (including phenoxy) is 1. The van der Waals surface area contributed by atoms with Crippen molar-refractivity contribution in [3.8, 4) is 11.5 Å². The Morgan fingerprint density at radius 1 is 1.25 bits per heavy atom. The molecule has 1 aromatic carbocycles. The Kier molecular flexibility index (Phi) is 5.00. The molecule has 0 spiro atoms. The minimum absolute atomic E-state index is 0.0932. The summed E-state index contributed by atoms with van der Waals surface area (Å²) in [4.78, 5) is 16.8. The lowest BCUT2D eigenvalue weighted by molar-refractivity contribution is -0.124. The maximum atomic E-state index is 12.1. The summed E-state index contributed by atoms with van der Waals surface area (Å²) < 4.78 is 13.2. The number of carbonyl (C=O) groups excluding carboxylic acids is 1. The van der Waals surface area contributed by atoms with Gasteiger partial charge in [0.25, 0.3) is 5.91 Å². The molecule has 1 aliphatic heterocycles. The molecule has 1 saturated heterocycles. The standard InChI is InChI=1S/C21H24N4O3/c1-13-11-14(2)25(24-13)12-18-15(3)28-21(23-18)16-6-8-17(9-7-16)22-20(26)19-5-4-10-27-19/h6-9,11,19H,4-5,10,12H2,1-3H3,(H,22,26)/t19-/m0/s1. The van der Waals surface area contributed by atoms with Crippen LogP contribution in [0.25, 0.3) is 11.5 Å². The molecule has 3 aromatic rings. The fourth-order valence-corrected chi connectivity index (χ4v) is 3.38. The van der Waals surface area contributed by atoms with E-state index in [1.165, 1.54) is 0 Å². The number of rotatable bonds is 5. The van der Waals surface area contributed by atoms with Gasteiger partial charge in [-0.2, -0.15) is 5.10 Å². The minimum Gasteiger partial charge on any atom is -0.441 e. The van der Waals surface area contributed by atoms with Crippen LogP contribution < -0.4 is 5.32 Å². The minimum atomic E-state index is -0.342. The molecule has 0 radical (unpaired) electrons. The lowest BCUT2D eigenvalue weighted by Crippen LogP contribution is -2.26. The fraction of sp³-hybridized carbons (Fsp3) is 0.381. The summed E-state index contributed by atoms with van der Waals surface area (Å²) in [7, 11) is 0.